The van der Waals surface area contributed by atoms with E-state index in [1.807, 2.05) is 0 Å². The highest BCUT2D eigenvalue weighted by atomic mass is 19.1. The fourth-order valence-corrected chi connectivity index (χ4v) is 0.834. The summed E-state index contributed by atoms with van der Waals surface area (Å²) in [6, 6.07) is 4.31. The fourth-order valence-electron chi connectivity index (χ4n) is 0.834. The van der Waals surface area contributed by atoms with Crippen LogP contribution in [0.1, 0.15) is 0 Å². The van der Waals surface area contributed by atoms with Crippen LogP contribution < -0.4 is 0 Å². The molecule has 0 spiro atoms. The molecular weight excluding hydrogens is 133 g/mol. The third kappa shape index (κ3) is 0.673. The van der Waals surface area contributed by atoms with Gasteiger partial charge in [-0.1, -0.05) is 5.16 Å². The van der Waals surface area contributed by atoms with Crippen LogP contribution >= 0.6 is 0 Å². The fraction of sp³-hybridized carbons (Fsp3) is 0. The largest absolute Gasteiger partial charge is 0.356 e. The van der Waals surface area contributed by atoms with Gasteiger partial charge in [0.2, 0.25) is 0 Å². The molecule has 1 aromatic carbocycles. The maximum atomic E-state index is 12.4. The number of hydrogen-bond donors (Lipinski definition) is 0. The average Bonchev–Trinajstić information content (AvgIpc) is 2.33. The van der Waals surface area contributed by atoms with Crippen molar-refractivity contribution < 1.29 is 8.91 Å². The average molecular weight is 137 g/mol. The quantitative estimate of drug-likeness (QED) is 0.554. The Kier molecular flexibility index (Phi) is 0.974. The number of fused-ring (bicyclic) bond motifs is 1. The molecule has 3 heteroatoms. The Labute approximate surface area is 56.2 Å². The van der Waals surface area contributed by atoms with E-state index in [0.717, 1.165) is 5.39 Å². The van der Waals surface area contributed by atoms with Crippen molar-refractivity contribution >= 4 is 11.0 Å². The maximum Gasteiger partial charge on any atom is 0.169 e. The van der Waals surface area contributed by atoms with Gasteiger partial charge in [-0.2, -0.15) is 0 Å². The number of rotatable bonds is 0. The van der Waals surface area contributed by atoms with Crippen LogP contribution in [0.5, 0.6) is 0 Å². The number of nitrogens with zero attached hydrogens (tertiary/aromatic N) is 1. The van der Waals surface area contributed by atoms with E-state index in [9.17, 15) is 4.39 Å². The second kappa shape index (κ2) is 1.80. The molecule has 0 aliphatic heterocycles. The van der Waals surface area contributed by atoms with Gasteiger partial charge in [-0.25, -0.2) is 4.39 Å². The van der Waals surface area contributed by atoms with Gasteiger partial charge in [0.1, 0.15) is 5.82 Å². The number of hydrogen-bond acceptors (Lipinski definition) is 2. The minimum absolute atomic E-state index is 0.302. The third-order valence-corrected chi connectivity index (χ3v) is 1.32. The molecule has 0 amide bonds. The molecule has 50 valence electrons. The monoisotopic (exact) mass is 137 g/mol. The van der Waals surface area contributed by atoms with Crippen molar-refractivity contribution in [2.75, 3.05) is 0 Å². The molecule has 2 aromatic rings. The Morgan fingerprint density at radius 2 is 2.30 bits per heavy atom. The van der Waals surface area contributed by atoms with Crippen molar-refractivity contribution in [3.05, 3.63) is 30.2 Å². The molecule has 1 heterocycles. The van der Waals surface area contributed by atoms with Crippen molar-refractivity contribution in [3.63, 3.8) is 0 Å². The van der Waals surface area contributed by atoms with Gasteiger partial charge in [0, 0.05) is 11.5 Å². The highest BCUT2D eigenvalue weighted by Gasteiger charge is 1.97. The van der Waals surface area contributed by atoms with Gasteiger partial charge in [-0.3, -0.25) is 0 Å². The Morgan fingerprint density at radius 3 is 3.20 bits per heavy atom. The summed E-state index contributed by atoms with van der Waals surface area (Å²) < 4.78 is 17.1. The smallest absolute Gasteiger partial charge is 0.169 e. The second-order valence-electron chi connectivity index (χ2n) is 2.01. The Bertz CT molecular complexity index is 355. The van der Waals surface area contributed by atoms with E-state index in [0.29, 0.717) is 5.58 Å². The minimum atomic E-state index is -0.302. The van der Waals surface area contributed by atoms with Crippen molar-refractivity contribution in [2.45, 2.75) is 0 Å². The molecule has 0 N–H and O–H groups in total. The van der Waals surface area contributed by atoms with Crippen molar-refractivity contribution in [2.24, 2.45) is 0 Å². The molecule has 2 nitrogen and oxygen atoms in total. The summed E-state index contributed by atoms with van der Waals surface area (Å²) in [7, 11) is 0. The van der Waals surface area contributed by atoms with Gasteiger partial charge >= 0.3 is 0 Å². The highest BCUT2D eigenvalue weighted by Crippen LogP contribution is 2.13. The lowest BCUT2D eigenvalue weighted by atomic mass is 10.3. The van der Waals surface area contributed by atoms with Gasteiger partial charge in [0.15, 0.2) is 5.58 Å². The van der Waals surface area contributed by atoms with Crippen molar-refractivity contribution in [3.8, 4) is 0 Å². The summed E-state index contributed by atoms with van der Waals surface area (Å²) in [5.74, 6) is -0.302. The van der Waals surface area contributed by atoms with Gasteiger partial charge in [0.05, 0.1) is 6.20 Å². The Hall–Kier alpha value is -1.38. The number of aromatic nitrogens is 1. The van der Waals surface area contributed by atoms with Crippen LogP contribution in [0.3, 0.4) is 0 Å². The molecule has 0 bridgehead atoms. The van der Waals surface area contributed by atoms with Crippen LogP contribution in [0.25, 0.3) is 11.0 Å². The molecule has 1 aromatic heterocycles. The molecule has 0 unspecified atom stereocenters. The van der Waals surface area contributed by atoms with E-state index >= 15 is 0 Å². The summed E-state index contributed by atoms with van der Waals surface area (Å²) >= 11 is 0. The SMILES string of the molecule is Fc1ccc2cnoc2c1. The molecule has 0 radical (unpaired) electrons. The lowest BCUT2D eigenvalue weighted by Crippen LogP contribution is -1.68. The van der Waals surface area contributed by atoms with E-state index in [1.54, 1.807) is 12.3 Å². The lowest BCUT2D eigenvalue weighted by molar-refractivity contribution is 0.454. The van der Waals surface area contributed by atoms with Crippen LogP contribution in [0, 0.1) is 5.82 Å². The standard InChI is InChI=1S/C7H4FNO/c8-6-2-1-5-4-9-10-7(5)3-6/h1-4H. The third-order valence-electron chi connectivity index (χ3n) is 1.32. The molecule has 0 atom stereocenters. The summed E-state index contributed by atoms with van der Waals surface area (Å²) in [4.78, 5) is 0. The van der Waals surface area contributed by atoms with Crippen LogP contribution in [0.15, 0.2) is 28.9 Å². The van der Waals surface area contributed by atoms with Gasteiger partial charge in [0.25, 0.3) is 0 Å². The van der Waals surface area contributed by atoms with Gasteiger partial charge < -0.3 is 4.52 Å². The number of halogens is 1. The molecule has 0 aliphatic rings. The van der Waals surface area contributed by atoms with Gasteiger partial charge in [-0.05, 0) is 12.1 Å². The van der Waals surface area contributed by atoms with Crippen LogP contribution in [-0.2, 0) is 0 Å². The van der Waals surface area contributed by atoms with Crippen LogP contribution in [0.4, 0.5) is 4.39 Å². The summed E-state index contributed by atoms with van der Waals surface area (Å²) in [6.45, 7) is 0. The molecule has 10 heavy (non-hydrogen) atoms. The first-order chi connectivity index (χ1) is 4.86. The first-order valence-electron chi connectivity index (χ1n) is 2.86. The molecule has 0 aliphatic carbocycles. The van der Waals surface area contributed by atoms with E-state index in [1.165, 1.54) is 12.1 Å². The van der Waals surface area contributed by atoms with Gasteiger partial charge in [-0.15, -0.1) is 0 Å². The zero-order chi connectivity index (χ0) is 6.97. The molecule has 0 fully saturated rings. The first kappa shape index (κ1) is 5.41. The highest BCUT2D eigenvalue weighted by molar-refractivity contribution is 5.75. The summed E-state index contributed by atoms with van der Waals surface area (Å²) in [6.07, 6.45) is 1.55. The summed E-state index contributed by atoms with van der Waals surface area (Å²) in [5.41, 5.74) is 0.486. The molecule has 0 saturated heterocycles. The van der Waals surface area contributed by atoms with Crippen LogP contribution in [-0.4, -0.2) is 5.16 Å². The zero-order valence-electron chi connectivity index (χ0n) is 5.04. The Balaban J connectivity index is 2.86. The molecular formula is C7H4FNO. The molecule has 0 saturated carbocycles. The zero-order valence-corrected chi connectivity index (χ0v) is 5.04. The van der Waals surface area contributed by atoms with E-state index in [2.05, 4.69) is 5.16 Å². The van der Waals surface area contributed by atoms with Crippen molar-refractivity contribution in [1.29, 1.82) is 0 Å². The minimum Gasteiger partial charge on any atom is -0.356 e. The van der Waals surface area contributed by atoms with E-state index in [-0.39, 0.29) is 5.82 Å². The second-order valence-corrected chi connectivity index (χ2v) is 2.01. The van der Waals surface area contributed by atoms with E-state index in [4.69, 9.17) is 4.52 Å². The summed E-state index contributed by atoms with van der Waals surface area (Å²) in [5, 5.41) is 4.32. The first-order valence-corrected chi connectivity index (χ1v) is 2.86. The molecule has 2 rings (SSSR count). The van der Waals surface area contributed by atoms with Crippen LogP contribution in [0.2, 0.25) is 0 Å². The number of benzene rings is 1. The topological polar surface area (TPSA) is 26.0 Å². The normalized spacial score (nSPS) is 10.5. The lowest BCUT2D eigenvalue weighted by Gasteiger charge is -1.84. The maximum absolute atomic E-state index is 12.4. The van der Waals surface area contributed by atoms with E-state index < -0.39 is 0 Å². The van der Waals surface area contributed by atoms with Crippen molar-refractivity contribution in [1.82, 2.24) is 5.16 Å². The Morgan fingerprint density at radius 1 is 1.40 bits per heavy atom. The predicted octanol–water partition coefficient (Wildman–Crippen LogP) is 1.97. The predicted molar refractivity (Wildman–Crippen MR) is 34.0 cm³/mol.